The Kier molecular flexibility index (Phi) is 5.23. The summed E-state index contributed by atoms with van der Waals surface area (Å²) in [6, 6.07) is 18.6. The zero-order valence-corrected chi connectivity index (χ0v) is 15.6. The van der Waals surface area contributed by atoms with Gasteiger partial charge in [-0.1, -0.05) is 54.6 Å². The average Bonchev–Trinajstić information content (AvgIpc) is 3.52. The summed E-state index contributed by atoms with van der Waals surface area (Å²) in [5, 5.41) is 3.01. The van der Waals surface area contributed by atoms with Crippen LogP contribution >= 0.6 is 0 Å². The van der Waals surface area contributed by atoms with Crippen molar-refractivity contribution < 1.29 is 9.59 Å². The molecule has 4 nitrogen and oxygen atoms in total. The number of aryl methyl sites for hydroxylation is 1. The highest BCUT2D eigenvalue weighted by atomic mass is 16.2. The van der Waals surface area contributed by atoms with Crippen LogP contribution in [-0.4, -0.2) is 29.8 Å². The SMILES string of the molecule is O=C(NCCCc1ccccc1)C1CC1C(=O)N1CCc2ccccc2C1. The van der Waals surface area contributed by atoms with E-state index >= 15 is 0 Å². The van der Waals surface area contributed by atoms with Crippen LogP contribution in [0.25, 0.3) is 0 Å². The Morgan fingerprint density at radius 3 is 2.52 bits per heavy atom. The van der Waals surface area contributed by atoms with Crippen LogP contribution in [0, 0.1) is 11.8 Å². The molecular formula is C23H26N2O2. The first-order chi connectivity index (χ1) is 13.2. The molecule has 0 radical (unpaired) electrons. The van der Waals surface area contributed by atoms with Crippen LogP contribution in [0.5, 0.6) is 0 Å². The van der Waals surface area contributed by atoms with E-state index in [1.165, 1.54) is 16.7 Å². The van der Waals surface area contributed by atoms with Crippen LogP contribution in [0.4, 0.5) is 0 Å². The zero-order valence-electron chi connectivity index (χ0n) is 15.6. The van der Waals surface area contributed by atoms with Gasteiger partial charge in [0.25, 0.3) is 0 Å². The molecule has 0 aromatic heterocycles. The van der Waals surface area contributed by atoms with E-state index in [1.54, 1.807) is 0 Å². The summed E-state index contributed by atoms with van der Waals surface area (Å²) in [5.74, 6) is -0.0662. The quantitative estimate of drug-likeness (QED) is 0.803. The second-order valence-corrected chi connectivity index (χ2v) is 7.61. The van der Waals surface area contributed by atoms with Crippen LogP contribution in [-0.2, 0) is 29.0 Å². The van der Waals surface area contributed by atoms with E-state index in [-0.39, 0.29) is 23.7 Å². The van der Waals surface area contributed by atoms with Gasteiger partial charge >= 0.3 is 0 Å². The third-order valence-corrected chi connectivity index (χ3v) is 5.67. The molecule has 1 aliphatic heterocycles. The number of fused-ring (bicyclic) bond motifs is 1. The van der Waals surface area contributed by atoms with Gasteiger partial charge in [-0.05, 0) is 42.4 Å². The summed E-state index contributed by atoms with van der Waals surface area (Å²) in [5.41, 5.74) is 3.86. The minimum Gasteiger partial charge on any atom is -0.356 e. The number of hydrogen-bond donors (Lipinski definition) is 1. The van der Waals surface area contributed by atoms with Crippen molar-refractivity contribution in [3.63, 3.8) is 0 Å². The molecule has 140 valence electrons. The van der Waals surface area contributed by atoms with E-state index < -0.39 is 0 Å². The van der Waals surface area contributed by atoms with Gasteiger partial charge < -0.3 is 10.2 Å². The number of nitrogens with one attached hydrogen (secondary N) is 1. The van der Waals surface area contributed by atoms with Gasteiger partial charge in [-0.15, -0.1) is 0 Å². The minimum atomic E-state index is -0.133. The second-order valence-electron chi connectivity index (χ2n) is 7.61. The molecule has 4 rings (SSSR count). The highest BCUT2D eigenvalue weighted by Crippen LogP contribution is 2.40. The van der Waals surface area contributed by atoms with E-state index in [1.807, 2.05) is 29.2 Å². The first-order valence-corrected chi connectivity index (χ1v) is 9.89. The monoisotopic (exact) mass is 362 g/mol. The summed E-state index contributed by atoms with van der Waals surface area (Å²) < 4.78 is 0. The van der Waals surface area contributed by atoms with Crippen LogP contribution in [0.15, 0.2) is 54.6 Å². The molecule has 4 heteroatoms. The molecule has 1 N–H and O–H groups in total. The summed E-state index contributed by atoms with van der Waals surface area (Å²) in [6.07, 6.45) is 3.48. The molecule has 2 unspecified atom stereocenters. The third-order valence-electron chi connectivity index (χ3n) is 5.67. The molecule has 0 spiro atoms. The van der Waals surface area contributed by atoms with Gasteiger partial charge in [0.05, 0.1) is 11.8 Å². The Hall–Kier alpha value is -2.62. The molecule has 27 heavy (non-hydrogen) atoms. The maximum absolute atomic E-state index is 12.7. The topological polar surface area (TPSA) is 49.4 Å². The van der Waals surface area contributed by atoms with Crippen molar-refractivity contribution in [1.29, 1.82) is 0 Å². The lowest BCUT2D eigenvalue weighted by Crippen LogP contribution is -2.38. The summed E-state index contributed by atoms with van der Waals surface area (Å²) >= 11 is 0. The molecule has 0 saturated heterocycles. The minimum absolute atomic E-state index is 0.0406. The van der Waals surface area contributed by atoms with Crippen LogP contribution in [0.3, 0.4) is 0 Å². The van der Waals surface area contributed by atoms with Crippen molar-refractivity contribution in [3.05, 3.63) is 71.3 Å². The molecule has 2 aromatic rings. The molecule has 1 saturated carbocycles. The van der Waals surface area contributed by atoms with Crippen LogP contribution in [0.1, 0.15) is 29.5 Å². The first-order valence-electron chi connectivity index (χ1n) is 9.89. The molecule has 2 amide bonds. The van der Waals surface area contributed by atoms with E-state index in [4.69, 9.17) is 0 Å². The van der Waals surface area contributed by atoms with Crippen molar-refractivity contribution in [1.82, 2.24) is 10.2 Å². The third kappa shape index (κ3) is 4.21. The van der Waals surface area contributed by atoms with E-state index in [0.717, 1.165) is 25.8 Å². The fraction of sp³-hybridized carbons (Fsp3) is 0.391. The normalized spacial score (nSPS) is 20.7. The largest absolute Gasteiger partial charge is 0.356 e. The number of nitrogens with zero attached hydrogens (tertiary/aromatic N) is 1. The maximum Gasteiger partial charge on any atom is 0.226 e. The van der Waals surface area contributed by atoms with E-state index in [9.17, 15) is 9.59 Å². The summed E-state index contributed by atoms with van der Waals surface area (Å²) in [4.78, 5) is 27.0. The number of benzene rings is 2. The molecule has 2 aliphatic rings. The number of hydrogen-bond acceptors (Lipinski definition) is 2. The molecule has 2 aromatic carbocycles. The van der Waals surface area contributed by atoms with Gasteiger partial charge in [0.1, 0.15) is 0 Å². The maximum atomic E-state index is 12.7. The number of amides is 2. The summed E-state index contributed by atoms with van der Waals surface area (Å²) in [7, 11) is 0. The molecule has 0 bridgehead atoms. The van der Waals surface area contributed by atoms with Crippen molar-refractivity contribution in [3.8, 4) is 0 Å². The van der Waals surface area contributed by atoms with Gasteiger partial charge in [0.15, 0.2) is 0 Å². The fourth-order valence-electron chi connectivity index (χ4n) is 3.96. The molecule has 2 atom stereocenters. The van der Waals surface area contributed by atoms with Gasteiger partial charge in [-0.2, -0.15) is 0 Å². The number of carbonyl (C=O) groups is 2. The fourth-order valence-corrected chi connectivity index (χ4v) is 3.96. The van der Waals surface area contributed by atoms with Crippen molar-refractivity contribution in [2.75, 3.05) is 13.1 Å². The predicted molar refractivity (Wildman–Crippen MR) is 105 cm³/mol. The zero-order chi connectivity index (χ0) is 18.6. The average molecular weight is 362 g/mol. The van der Waals surface area contributed by atoms with Gasteiger partial charge in [-0.25, -0.2) is 0 Å². The van der Waals surface area contributed by atoms with Gasteiger partial charge in [-0.3, -0.25) is 9.59 Å². The van der Waals surface area contributed by atoms with Gasteiger partial charge in [0, 0.05) is 19.6 Å². The van der Waals surface area contributed by atoms with Crippen LogP contribution in [0.2, 0.25) is 0 Å². The van der Waals surface area contributed by atoms with E-state index in [0.29, 0.717) is 19.5 Å². The number of rotatable bonds is 6. The smallest absolute Gasteiger partial charge is 0.226 e. The molecule has 1 aliphatic carbocycles. The second kappa shape index (κ2) is 7.95. The van der Waals surface area contributed by atoms with Gasteiger partial charge in [0.2, 0.25) is 11.8 Å². The van der Waals surface area contributed by atoms with Crippen molar-refractivity contribution in [2.24, 2.45) is 11.8 Å². The Morgan fingerprint density at radius 2 is 1.70 bits per heavy atom. The molecular weight excluding hydrogens is 336 g/mol. The number of carbonyl (C=O) groups excluding carboxylic acids is 2. The lowest BCUT2D eigenvalue weighted by Gasteiger charge is -2.29. The molecule has 1 fully saturated rings. The van der Waals surface area contributed by atoms with Crippen molar-refractivity contribution >= 4 is 11.8 Å². The van der Waals surface area contributed by atoms with Crippen molar-refractivity contribution in [2.45, 2.75) is 32.2 Å². The molecule has 1 heterocycles. The Bertz CT molecular complexity index is 818. The predicted octanol–water partition coefficient (Wildman–Crippen LogP) is 2.96. The highest BCUT2D eigenvalue weighted by molar-refractivity contribution is 5.92. The van der Waals surface area contributed by atoms with E-state index in [2.05, 4.69) is 35.6 Å². The first kappa shape index (κ1) is 17.8. The lowest BCUT2D eigenvalue weighted by atomic mass is 9.99. The Morgan fingerprint density at radius 1 is 0.963 bits per heavy atom. The Balaban J connectivity index is 1.21. The standard InChI is InChI=1S/C23H26N2O2/c26-22(24-13-6-9-17-7-2-1-3-8-17)20-15-21(20)23(27)25-14-12-18-10-4-5-11-19(18)16-25/h1-5,7-8,10-11,20-21H,6,9,12-16H2,(H,24,26). The Labute approximate surface area is 160 Å². The lowest BCUT2D eigenvalue weighted by molar-refractivity contribution is -0.135. The summed E-state index contributed by atoms with van der Waals surface area (Å²) in [6.45, 7) is 2.11. The highest BCUT2D eigenvalue weighted by Gasteiger charge is 2.49. The van der Waals surface area contributed by atoms with Crippen LogP contribution < -0.4 is 5.32 Å².